The molecule has 1 aliphatic heterocycles. The molecule has 1 aliphatic rings. The van der Waals surface area contributed by atoms with E-state index in [1.165, 1.54) is 18.2 Å². The van der Waals surface area contributed by atoms with E-state index < -0.39 is 5.60 Å². The third-order valence-corrected chi connectivity index (χ3v) is 3.40. The molecule has 0 aliphatic carbocycles. The maximum absolute atomic E-state index is 12.9. The van der Waals surface area contributed by atoms with Crippen LogP contribution in [0.5, 0.6) is 0 Å². The second-order valence-corrected chi connectivity index (χ2v) is 5.44. The average Bonchev–Trinajstić information content (AvgIpc) is 2.13. The number of carbonyl (C=O) groups is 1. The van der Waals surface area contributed by atoms with Crippen molar-refractivity contribution in [3.8, 4) is 0 Å². The summed E-state index contributed by atoms with van der Waals surface area (Å²) in [6.07, 6.45) is 0. The highest BCUT2D eigenvalue weighted by molar-refractivity contribution is 14.1. The van der Waals surface area contributed by atoms with Gasteiger partial charge in [-0.05, 0) is 47.7 Å². The van der Waals surface area contributed by atoms with Gasteiger partial charge in [-0.25, -0.2) is 4.39 Å². The Morgan fingerprint density at radius 1 is 1.56 bits per heavy atom. The van der Waals surface area contributed by atoms with Gasteiger partial charge in [0.15, 0.2) is 0 Å². The van der Waals surface area contributed by atoms with Gasteiger partial charge in [-0.1, -0.05) is 0 Å². The Labute approximate surface area is 106 Å². The third-order valence-electron chi connectivity index (χ3n) is 2.51. The van der Waals surface area contributed by atoms with Crippen molar-refractivity contribution in [1.82, 2.24) is 4.90 Å². The minimum Gasteiger partial charge on any atom is -0.386 e. The lowest BCUT2D eigenvalue weighted by molar-refractivity contribution is -0.0669. The first kappa shape index (κ1) is 11.8. The number of hydrogen-bond acceptors (Lipinski definition) is 2. The number of halogens is 2. The molecule has 0 spiro atoms. The van der Waals surface area contributed by atoms with E-state index in [9.17, 15) is 14.3 Å². The van der Waals surface area contributed by atoms with Crippen molar-refractivity contribution in [3.05, 3.63) is 33.1 Å². The Morgan fingerprint density at radius 3 is 2.69 bits per heavy atom. The van der Waals surface area contributed by atoms with E-state index in [1.54, 1.807) is 11.8 Å². The van der Waals surface area contributed by atoms with Crippen LogP contribution in [0.1, 0.15) is 17.3 Å². The number of benzene rings is 1. The van der Waals surface area contributed by atoms with Crippen molar-refractivity contribution in [2.24, 2.45) is 0 Å². The Kier molecular flexibility index (Phi) is 2.91. The van der Waals surface area contributed by atoms with Crippen molar-refractivity contribution < 1.29 is 14.3 Å². The van der Waals surface area contributed by atoms with E-state index >= 15 is 0 Å². The third kappa shape index (κ3) is 2.20. The minimum absolute atomic E-state index is 0.157. The quantitative estimate of drug-likeness (QED) is 0.793. The molecule has 16 heavy (non-hydrogen) atoms. The fraction of sp³-hybridized carbons (Fsp3) is 0.364. The van der Waals surface area contributed by atoms with Gasteiger partial charge in [0, 0.05) is 3.57 Å². The van der Waals surface area contributed by atoms with Crippen molar-refractivity contribution >= 4 is 28.5 Å². The fourth-order valence-corrected chi connectivity index (χ4v) is 2.46. The van der Waals surface area contributed by atoms with E-state index in [-0.39, 0.29) is 11.7 Å². The van der Waals surface area contributed by atoms with Gasteiger partial charge in [-0.15, -0.1) is 0 Å². The summed E-state index contributed by atoms with van der Waals surface area (Å²) in [7, 11) is 0. The molecule has 1 heterocycles. The topological polar surface area (TPSA) is 40.5 Å². The van der Waals surface area contributed by atoms with Crippen molar-refractivity contribution in [1.29, 1.82) is 0 Å². The molecule has 86 valence electrons. The van der Waals surface area contributed by atoms with Gasteiger partial charge in [0.05, 0.1) is 24.3 Å². The summed E-state index contributed by atoms with van der Waals surface area (Å²) in [5.41, 5.74) is -0.293. The van der Waals surface area contributed by atoms with Crippen LogP contribution < -0.4 is 0 Å². The summed E-state index contributed by atoms with van der Waals surface area (Å²) in [4.78, 5) is 13.5. The van der Waals surface area contributed by atoms with Gasteiger partial charge in [-0.3, -0.25) is 4.79 Å². The largest absolute Gasteiger partial charge is 0.386 e. The van der Waals surface area contributed by atoms with Crippen LogP contribution in [0.3, 0.4) is 0 Å². The summed E-state index contributed by atoms with van der Waals surface area (Å²) >= 11 is 1.93. The maximum Gasteiger partial charge on any atom is 0.255 e. The van der Waals surface area contributed by atoms with Gasteiger partial charge in [0.1, 0.15) is 5.82 Å². The fourth-order valence-electron chi connectivity index (χ4n) is 1.75. The number of carbonyl (C=O) groups excluding carboxylic acids is 1. The molecule has 0 aromatic heterocycles. The van der Waals surface area contributed by atoms with E-state index in [4.69, 9.17) is 0 Å². The van der Waals surface area contributed by atoms with Crippen molar-refractivity contribution in [3.63, 3.8) is 0 Å². The van der Waals surface area contributed by atoms with Crippen molar-refractivity contribution in [2.45, 2.75) is 12.5 Å². The van der Waals surface area contributed by atoms with E-state index in [0.29, 0.717) is 22.2 Å². The van der Waals surface area contributed by atoms with Gasteiger partial charge >= 0.3 is 0 Å². The van der Waals surface area contributed by atoms with Gasteiger partial charge in [-0.2, -0.15) is 0 Å². The monoisotopic (exact) mass is 335 g/mol. The van der Waals surface area contributed by atoms with Crippen LogP contribution >= 0.6 is 22.6 Å². The molecular weight excluding hydrogens is 324 g/mol. The zero-order chi connectivity index (χ0) is 11.9. The molecular formula is C11H11FINO2. The molecule has 1 amide bonds. The molecule has 0 radical (unpaired) electrons. The Balaban J connectivity index is 2.16. The normalized spacial score (nSPS) is 18.1. The van der Waals surface area contributed by atoms with Crippen LogP contribution in [-0.4, -0.2) is 34.6 Å². The number of hydrogen-bond donors (Lipinski definition) is 1. The lowest BCUT2D eigenvalue weighted by Crippen LogP contribution is -2.61. The maximum atomic E-state index is 12.9. The average molecular weight is 335 g/mol. The summed E-state index contributed by atoms with van der Waals surface area (Å²) in [5.74, 6) is -0.507. The first-order chi connectivity index (χ1) is 7.39. The lowest BCUT2D eigenvalue weighted by Gasteiger charge is -2.44. The SMILES string of the molecule is CC1(O)CN(C(=O)c2ccc(F)cc2I)C1. The molecule has 0 unspecified atom stereocenters. The van der Waals surface area contributed by atoms with Crippen LogP contribution in [0, 0.1) is 9.39 Å². The number of nitrogens with zero attached hydrogens (tertiary/aromatic N) is 1. The van der Waals surface area contributed by atoms with Crippen LogP contribution in [-0.2, 0) is 0 Å². The van der Waals surface area contributed by atoms with Gasteiger partial charge in [0.2, 0.25) is 0 Å². The molecule has 3 nitrogen and oxygen atoms in total. The predicted octanol–water partition coefficient (Wildman–Crippen LogP) is 1.64. The van der Waals surface area contributed by atoms with Crippen molar-refractivity contribution in [2.75, 3.05) is 13.1 Å². The van der Waals surface area contributed by atoms with E-state index in [2.05, 4.69) is 0 Å². The number of β-amino-alcohol motifs (C(OH)–C–C–N with tert-alkyl or cyclic N) is 1. The molecule has 1 aromatic carbocycles. The molecule has 0 bridgehead atoms. The minimum atomic E-state index is -0.777. The molecule has 1 saturated heterocycles. The molecule has 1 fully saturated rings. The molecule has 2 rings (SSSR count). The van der Waals surface area contributed by atoms with Crippen LogP contribution in [0.25, 0.3) is 0 Å². The Bertz CT molecular complexity index is 440. The van der Waals surface area contributed by atoms with E-state index in [1.807, 2.05) is 22.6 Å². The highest BCUT2D eigenvalue weighted by Crippen LogP contribution is 2.24. The molecule has 0 atom stereocenters. The summed E-state index contributed by atoms with van der Waals surface area (Å²) in [5, 5.41) is 9.54. The summed E-state index contributed by atoms with van der Waals surface area (Å²) < 4.78 is 13.5. The second-order valence-electron chi connectivity index (χ2n) is 4.28. The molecule has 5 heteroatoms. The Morgan fingerprint density at radius 2 is 2.19 bits per heavy atom. The molecule has 1 aromatic rings. The second kappa shape index (κ2) is 3.96. The van der Waals surface area contributed by atoms with E-state index in [0.717, 1.165) is 0 Å². The smallest absolute Gasteiger partial charge is 0.255 e. The van der Waals surface area contributed by atoms with Crippen LogP contribution in [0.2, 0.25) is 0 Å². The lowest BCUT2D eigenvalue weighted by atomic mass is 9.96. The highest BCUT2D eigenvalue weighted by atomic mass is 127. The standard InChI is InChI=1S/C11H11FINO2/c1-11(16)5-14(6-11)10(15)8-3-2-7(12)4-9(8)13/h2-4,16H,5-6H2,1H3. The summed E-state index contributed by atoms with van der Waals surface area (Å²) in [6.45, 7) is 2.35. The highest BCUT2D eigenvalue weighted by Gasteiger charge is 2.39. The first-order valence-corrected chi connectivity index (χ1v) is 5.94. The summed E-state index contributed by atoms with van der Waals surface area (Å²) in [6, 6.07) is 4.07. The zero-order valence-electron chi connectivity index (χ0n) is 8.70. The van der Waals surface area contributed by atoms with Crippen LogP contribution in [0.15, 0.2) is 18.2 Å². The van der Waals surface area contributed by atoms with Crippen LogP contribution in [0.4, 0.5) is 4.39 Å². The molecule has 0 saturated carbocycles. The number of amides is 1. The number of likely N-dealkylation sites (tertiary alicyclic amines) is 1. The number of rotatable bonds is 1. The first-order valence-electron chi connectivity index (χ1n) is 4.86. The predicted molar refractivity (Wildman–Crippen MR) is 65.6 cm³/mol. The zero-order valence-corrected chi connectivity index (χ0v) is 10.9. The number of aliphatic hydroxyl groups is 1. The van der Waals surface area contributed by atoms with Gasteiger partial charge < -0.3 is 10.0 Å². The molecule has 1 N–H and O–H groups in total. The van der Waals surface area contributed by atoms with Gasteiger partial charge in [0.25, 0.3) is 5.91 Å². The Hall–Kier alpha value is -0.690.